The van der Waals surface area contributed by atoms with E-state index in [0.717, 1.165) is 28.9 Å². The van der Waals surface area contributed by atoms with E-state index in [1.54, 1.807) is 4.90 Å². The molecule has 1 amide bonds. The Morgan fingerprint density at radius 3 is 2.70 bits per heavy atom. The summed E-state index contributed by atoms with van der Waals surface area (Å²) in [7, 11) is -4.13. The van der Waals surface area contributed by atoms with Crippen molar-refractivity contribution in [1.29, 1.82) is 0 Å². The van der Waals surface area contributed by atoms with Crippen molar-refractivity contribution in [2.75, 3.05) is 6.54 Å². The van der Waals surface area contributed by atoms with E-state index in [1.165, 1.54) is 25.1 Å². The molecule has 3 rings (SSSR count). The van der Waals surface area contributed by atoms with Crippen molar-refractivity contribution in [3.63, 3.8) is 0 Å². The average Bonchev–Trinajstić information content (AvgIpc) is 3.10. The van der Waals surface area contributed by atoms with Crippen LogP contribution in [0.4, 0.5) is 4.39 Å². The largest absolute Gasteiger partial charge is 0.334 e. The number of sulfonamides is 1. The Labute approximate surface area is 166 Å². The molecule has 1 aliphatic rings. The fraction of sp³-hybridized carbons (Fsp3) is 0.316. The van der Waals surface area contributed by atoms with Gasteiger partial charge in [0.15, 0.2) is 0 Å². The van der Waals surface area contributed by atoms with Crippen molar-refractivity contribution in [3.05, 3.63) is 64.4 Å². The first-order chi connectivity index (χ1) is 12.8. The molecular weight excluding hydrogens is 435 g/mol. The van der Waals surface area contributed by atoms with Crippen LogP contribution in [0.1, 0.15) is 31.4 Å². The van der Waals surface area contributed by atoms with Gasteiger partial charge in [-0.2, -0.15) is 4.72 Å². The zero-order chi connectivity index (χ0) is 19.6. The maximum absolute atomic E-state index is 13.8. The molecule has 8 heteroatoms. The van der Waals surface area contributed by atoms with E-state index in [4.69, 9.17) is 0 Å². The number of carbonyl (C=O) groups is 1. The highest BCUT2D eigenvalue weighted by molar-refractivity contribution is 9.10. The van der Waals surface area contributed by atoms with Gasteiger partial charge in [-0.15, -0.1) is 0 Å². The first-order valence-corrected chi connectivity index (χ1v) is 10.9. The number of halogens is 2. The lowest BCUT2D eigenvalue weighted by Crippen LogP contribution is -2.46. The van der Waals surface area contributed by atoms with Gasteiger partial charge < -0.3 is 4.90 Å². The summed E-state index contributed by atoms with van der Waals surface area (Å²) in [5.74, 6) is -1.17. The van der Waals surface area contributed by atoms with Crippen LogP contribution in [0.3, 0.4) is 0 Å². The molecule has 0 spiro atoms. The summed E-state index contributed by atoms with van der Waals surface area (Å²) in [5, 5.41) is 0. The monoisotopic (exact) mass is 454 g/mol. The molecule has 1 fully saturated rings. The lowest BCUT2D eigenvalue weighted by molar-refractivity contribution is -0.133. The summed E-state index contributed by atoms with van der Waals surface area (Å²) in [6.45, 7) is 2.04. The summed E-state index contributed by atoms with van der Waals surface area (Å²) >= 11 is 3.44. The van der Waals surface area contributed by atoms with Gasteiger partial charge >= 0.3 is 0 Å². The van der Waals surface area contributed by atoms with Gasteiger partial charge in [-0.1, -0.05) is 40.2 Å². The summed E-state index contributed by atoms with van der Waals surface area (Å²) in [6, 6.07) is 11.7. The van der Waals surface area contributed by atoms with Crippen molar-refractivity contribution in [3.8, 4) is 0 Å². The van der Waals surface area contributed by atoms with Gasteiger partial charge in [0, 0.05) is 11.0 Å². The van der Waals surface area contributed by atoms with E-state index in [9.17, 15) is 17.6 Å². The number of benzene rings is 2. The van der Waals surface area contributed by atoms with Gasteiger partial charge in [0.25, 0.3) is 0 Å². The lowest BCUT2D eigenvalue weighted by Gasteiger charge is -2.28. The zero-order valence-electron chi connectivity index (χ0n) is 14.7. The highest BCUT2D eigenvalue weighted by Gasteiger charge is 2.34. The second-order valence-electron chi connectivity index (χ2n) is 6.52. The third-order valence-electron chi connectivity index (χ3n) is 4.60. The molecule has 0 bridgehead atoms. The van der Waals surface area contributed by atoms with E-state index >= 15 is 0 Å². The second kappa shape index (κ2) is 8.08. The Bertz CT molecular complexity index is 951. The van der Waals surface area contributed by atoms with Crippen molar-refractivity contribution in [2.24, 2.45) is 0 Å². The number of rotatable bonds is 5. The molecule has 144 valence electrons. The van der Waals surface area contributed by atoms with Crippen LogP contribution in [0.5, 0.6) is 0 Å². The number of hydrogen-bond donors (Lipinski definition) is 1. The summed E-state index contributed by atoms with van der Waals surface area (Å²) < 4.78 is 42.0. The van der Waals surface area contributed by atoms with Gasteiger partial charge in [0.2, 0.25) is 15.9 Å². The highest BCUT2D eigenvalue weighted by atomic mass is 79.9. The number of carbonyl (C=O) groups excluding carboxylic acids is 1. The molecular formula is C19H20BrFN2O3S. The van der Waals surface area contributed by atoms with Crippen LogP contribution in [0, 0.1) is 5.82 Å². The Balaban J connectivity index is 1.77. The highest BCUT2D eigenvalue weighted by Crippen LogP contribution is 2.33. The minimum absolute atomic E-state index is 0.101. The quantitative estimate of drug-likeness (QED) is 0.749. The maximum Gasteiger partial charge on any atom is 0.244 e. The van der Waals surface area contributed by atoms with Crippen LogP contribution < -0.4 is 4.72 Å². The zero-order valence-corrected chi connectivity index (χ0v) is 17.1. The Kier molecular flexibility index (Phi) is 5.98. The van der Waals surface area contributed by atoms with Crippen molar-refractivity contribution < 1.29 is 17.6 Å². The molecule has 0 radical (unpaired) electrons. The first-order valence-electron chi connectivity index (χ1n) is 8.62. The maximum atomic E-state index is 13.8. The molecule has 27 heavy (non-hydrogen) atoms. The minimum Gasteiger partial charge on any atom is -0.334 e. The molecule has 0 aliphatic carbocycles. The average molecular weight is 455 g/mol. The third kappa shape index (κ3) is 4.39. The number of nitrogens with one attached hydrogen (secondary N) is 1. The van der Waals surface area contributed by atoms with Gasteiger partial charge in [-0.05, 0) is 49.6 Å². The smallest absolute Gasteiger partial charge is 0.244 e. The van der Waals surface area contributed by atoms with Gasteiger partial charge in [0.1, 0.15) is 10.7 Å². The van der Waals surface area contributed by atoms with Gasteiger partial charge in [-0.3, -0.25) is 4.79 Å². The van der Waals surface area contributed by atoms with Crippen molar-refractivity contribution in [1.82, 2.24) is 9.62 Å². The number of hydrogen-bond acceptors (Lipinski definition) is 3. The van der Waals surface area contributed by atoms with E-state index in [1.807, 2.05) is 24.3 Å². The number of likely N-dealkylation sites (tertiary alicyclic amines) is 1. The van der Waals surface area contributed by atoms with Gasteiger partial charge in [-0.25, -0.2) is 12.8 Å². The van der Waals surface area contributed by atoms with E-state index in [-0.39, 0.29) is 11.9 Å². The number of nitrogens with zero attached hydrogens (tertiary/aromatic N) is 1. The van der Waals surface area contributed by atoms with Crippen molar-refractivity contribution in [2.45, 2.75) is 36.7 Å². The lowest BCUT2D eigenvalue weighted by atomic mass is 10.0. The third-order valence-corrected chi connectivity index (χ3v) is 6.67. The second-order valence-corrected chi connectivity index (χ2v) is 9.12. The standard InChI is InChI=1S/C19H20BrFN2O3S/c1-13(22-27(25,26)18-10-3-2-8-16(18)21)19(24)23-11-5-9-17(23)14-6-4-7-15(20)12-14/h2-4,6-8,10,12-13,17,22H,5,9,11H2,1H3/t13-,17?/m0/s1. The van der Waals surface area contributed by atoms with Crippen LogP contribution in [0.2, 0.25) is 0 Å². The predicted molar refractivity (Wildman–Crippen MR) is 104 cm³/mol. The van der Waals surface area contributed by atoms with Crippen LogP contribution >= 0.6 is 15.9 Å². The first kappa shape index (κ1) is 20.0. The molecule has 2 aromatic carbocycles. The molecule has 0 aromatic heterocycles. The molecule has 1 N–H and O–H groups in total. The SMILES string of the molecule is C[C@H](NS(=O)(=O)c1ccccc1F)C(=O)N1CCCC1c1cccc(Br)c1. The Morgan fingerprint density at radius 1 is 1.26 bits per heavy atom. The molecule has 2 aromatic rings. The van der Waals surface area contributed by atoms with Crippen LogP contribution in [0.15, 0.2) is 57.9 Å². The predicted octanol–water partition coefficient (Wildman–Crippen LogP) is 3.62. The fourth-order valence-electron chi connectivity index (χ4n) is 3.35. The summed E-state index contributed by atoms with van der Waals surface area (Å²) in [6.07, 6.45) is 1.66. The molecule has 1 unspecified atom stereocenters. The molecule has 1 saturated heterocycles. The molecule has 2 atom stereocenters. The topological polar surface area (TPSA) is 66.5 Å². The molecule has 1 aliphatic heterocycles. The van der Waals surface area contributed by atoms with Crippen molar-refractivity contribution >= 4 is 31.9 Å². The number of amides is 1. The van der Waals surface area contributed by atoms with Gasteiger partial charge in [0.05, 0.1) is 12.1 Å². The Morgan fingerprint density at radius 2 is 2.00 bits per heavy atom. The van der Waals surface area contributed by atoms with Crippen LogP contribution in [-0.4, -0.2) is 31.8 Å². The minimum atomic E-state index is -4.13. The van der Waals surface area contributed by atoms with E-state index in [0.29, 0.717) is 6.54 Å². The molecule has 5 nitrogen and oxygen atoms in total. The normalized spacial score (nSPS) is 18.5. The van der Waals surface area contributed by atoms with E-state index < -0.39 is 26.8 Å². The molecule has 0 saturated carbocycles. The van der Waals surface area contributed by atoms with Crippen LogP contribution in [0.25, 0.3) is 0 Å². The summed E-state index contributed by atoms with van der Waals surface area (Å²) in [5.41, 5.74) is 0.999. The molecule has 1 heterocycles. The fourth-order valence-corrected chi connectivity index (χ4v) is 5.04. The van der Waals surface area contributed by atoms with E-state index in [2.05, 4.69) is 20.7 Å². The van der Waals surface area contributed by atoms with Crippen LogP contribution in [-0.2, 0) is 14.8 Å². The Hall–Kier alpha value is -1.77. The summed E-state index contributed by atoms with van der Waals surface area (Å²) in [4.78, 5) is 14.1.